The van der Waals surface area contributed by atoms with Crippen molar-refractivity contribution in [2.75, 3.05) is 9.74 Å². The number of halogens is 6. The Balaban J connectivity index is 3.02. The predicted molar refractivity (Wildman–Crippen MR) is 65.4 cm³/mol. The highest BCUT2D eigenvalue weighted by Crippen LogP contribution is 3.02. The largest absolute Gasteiger partial charge is 0.325 e. The van der Waals surface area contributed by atoms with Gasteiger partial charge in [0.2, 0.25) is 5.91 Å². The first-order valence-electron chi connectivity index (χ1n) is 4.12. The van der Waals surface area contributed by atoms with Crippen molar-refractivity contribution in [2.24, 2.45) is 0 Å². The van der Waals surface area contributed by atoms with Crippen LogP contribution in [0.1, 0.15) is 0 Å². The van der Waals surface area contributed by atoms with Gasteiger partial charge in [0.1, 0.15) is 4.90 Å². The number of carbonyl (C=O) groups excluding carboxylic acids is 1. The number of benzene rings is 1. The molecule has 98 valence electrons. The quantitative estimate of drug-likeness (QED) is 0.454. The average molecular weight is 387 g/mol. The zero-order chi connectivity index (χ0) is 13.4. The van der Waals surface area contributed by atoms with Crippen molar-refractivity contribution in [3.63, 3.8) is 0 Å². The maximum atomic E-state index is 12.3. The van der Waals surface area contributed by atoms with E-state index in [9.17, 15) is 24.2 Å². The number of carbonyl (C=O) groups is 1. The first-order chi connectivity index (χ1) is 7.42. The summed E-state index contributed by atoms with van der Waals surface area (Å²) in [5, 5.41) is 2.25. The van der Waals surface area contributed by atoms with Crippen molar-refractivity contribution in [3.05, 3.63) is 24.3 Å². The van der Waals surface area contributed by atoms with Crippen LogP contribution in [-0.2, 0) is 4.79 Å². The molecule has 0 unspecified atom stereocenters. The molecule has 0 atom stereocenters. The van der Waals surface area contributed by atoms with Crippen molar-refractivity contribution in [2.45, 2.75) is 4.90 Å². The Morgan fingerprint density at radius 1 is 1.12 bits per heavy atom. The number of amides is 1. The smallest absolute Gasteiger partial charge is 0.310 e. The minimum absolute atomic E-state index is 0.0391. The van der Waals surface area contributed by atoms with E-state index >= 15 is 0 Å². The van der Waals surface area contributed by atoms with Crippen LogP contribution in [0.5, 0.6) is 0 Å². The van der Waals surface area contributed by atoms with Gasteiger partial charge in [0.05, 0.1) is 4.43 Å². The molecule has 17 heavy (non-hydrogen) atoms. The summed E-state index contributed by atoms with van der Waals surface area (Å²) in [6.07, 6.45) is 0. The summed E-state index contributed by atoms with van der Waals surface area (Å²) in [5.74, 6) is -0.425. The van der Waals surface area contributed by atoms with E-state index in [1.54, 1.807) is 22.6 Å². The molecule has 0 aliphatic heterocycles. The van der Waals surface area contributed by atoms with Gasteiger partial charge in [-0.25, -0.2) is 0 Å². The summed E-state index contributed by atoms with van der Waals surface area (Å²) in [4.78, 5) is 8.93. The SMILES string of the molecule is O=C(CI)Nc1ccc(S(F)(F)(F)(F)F)cc1. The Hall–Kier alpha value is -0.580. The van der Waals surface area contributed by atoms with Gasteiger partial charge in [-0.15, -0.1) is 0 Å². The molecule has 0 radical (unpaired) electrons. The molecular weight excluding hydrogens is 380 g/mol. The summed E-state index contributed by atoms with van der Waals surface area (Å²) < 4.78 is 61.7. The molecule has 0 saturated carbocycles. The lowest BCUT2D eigenvalue weighted by Gasteiger charge is -2.40. The predicted octanol–water partition coefficient (Wildman–Crippen LogP) is 4.72. The van der Waals surface area contributed by atoms with Crippen molar-refractivity contribution < 1.29 is 24.2 Å². The Kier molecular flexibility index (Phi) is 3.16. The summed E-state index contributed by atoms with van der Waals surface area (Å²) >= 11 is 1.76. The van der Waals surface area contributed by atoms with E-state index < -0.39 is 21.0 Å². The first-order valence-corrected chi connectivity index (χ1v) is 7.60. The van der Waals surface area contributed by atoms with E-state index in [-0.39, 0.29) is 22.2 Å². The van der Waals surface area contributed by atoms with Gasteiger partial charge in [-0.2, -0.15) is 0 Å². The maximum Gasteiger partial charge on any atom is 0.310 e. The summed E-state index contributed by atoms with van der Waals surface area (Å²) in [5.41, 5.74) is 0.0391. The van der Waals surface area contributed by atoms with Crippen LogP contribution in [0.4, 0.5) is 25.1 Å². The second kappa shape index (κ2) is 3.70. The molecule has 0 heterocycles. The van der Waals surface area contributed by atoms with Crippen LogP contribution in [0.15, 0.2) is 29.2 Å². The number of anilines is 1. The van der Waals surface area contributed by atoms with Crippen molar-refractivity contribution >= 4 is 44.4 Å². The fraction of sp³-hybridized carbons (Fsp3) is 0.125. The summed E-state index contributed by atoms with van der Waals surface area (Å²) in [7, 11) is -9.62. The van der Waals surface area contributed by atoms with Gasteiger partial charge in [0.15, 0.2) is 0 Å². The van der Waals surface area contributed by atoms with Gasteiger partial charge in [0, 0.05) is 5.69 Å². The van der Waals surface area contributed by atoms with Crippen LogP contribution in [0.2, 0.25) is 0 Å². The first kappa shape index (κ1) is 14.5. The number of hydrogen-bond acceptors (Lipinski definition) is 1. The van der Waals surface area contributed by atoms with Crippen molar-refractivity contribution in [3.8, 4) is 0 Å². The molecule has 0 fully saturated rings. The lowest BCUT2D eigenvalue weighted by atomic mass is 10.3. The number of nitrogens with one attached hydrogen (secondary N) is 1. The lowest BCUT2D eigenvalue weighted by molar-refractivity contribution is -0.113. The average Bonchev–Trinajstić information content (AvgIpc) is 2.15. The molecule has 9 heteroatoms. The Morgan fingerprint density at radius 3 is 1.94 bits per heavy atom. The van der Waals surface area contributed by atoms with Gasteiger partial charge >= 0.3 is 10.2 Å². The van der Waals surface area contributed by atoms with Crippen molar-refractivity contribution in [1.29, 1.82) is 0 Å². The Bertz CT molecular complexity index is 442. The van der Waals surface area contributed by atoms with Crippen LogP contribution >= 0.6 is 32.8 Å². The molecule has 0 saturated heterocycles. The fourth-order valence-electron chi connectivity index (χ4n) is 0.990. The van der Waals surface area contributed by atoms with Crippen LogP contribution < -0.4 is 5.32 Å². The van der Waals surface area contributed by atoms with Gasteiger partial charge < -0.3 is 5.32 Å². The van der Waals surface area contributed by atoms with E-state index in [0.29, 0.717) is 0 Å². The van der Waals surface area contributed by atoms with Crippen LogP contribution in [0, 0.1) is 0 Å². The van der Waals surface area contributed by atoms with Gasteiger partial charge in [-0.3, -0.25) is 4.79 Å². The monoisotopic (exact) mass is 387 g/mol. The molecule has 1 aromatic rings. The second-order valence-corrected chi connectivity index (χ2v) is 6.35. The van der Waals surface area contributed by atoms with Gasteiger partial charge in [0.25, 0.3) is 0 Å². The minimum atomic E-state index is -9.62. The molecule has 0 bridgehead atoms. The zero-order valence-corrected chi connectivity index (χ0v) is 11.1. The molecule has 1 amide bonds. The highest BCUT2D eigenvalue weighted by atomic mass is 127. The summed E-state index contributed by atoms with van der Waals surface area (Å²) in [6, 6.07) is 2.09. The fourth-order valence-corrected chi connectivity index (χ4v) is 1.83. The highest BCUT2D eigenvalue weighted by Gasteiger charge is 2.65. The van der Waals surface area contributed by atoms with Crippen LogP contribution in [0.25, 0.3) is 0 Å². The standard InChI is InChI=1S/C8H7F5INOS/c9-17(10,11,12,13)7-3-1-6(2-4-7)15-8(16)5-14/h1-4H,5H2,(H,15,16). The van der Waals surface area contributed by atoms with E-state index in [2.05, 4.69) is 5.32 Å². The third-order valence-corrected chi connectivity index (χ3v) is 3.56. The molecule has 0 aliphatic carbocycles. The molecular formula is C8H7F5INOS. The molecule has 2 nitrogen and oxygen atoms in total. The van der Waals surface area contributed by atoms with E-state index in [1.165, 1.54) is 0 Å². The third kappa shape index (κ3) is 4.30. The van der Waals surface area contributed by atoms with Crippen molar-refractivity contribution in [1.82, 2.24) is 0 Å². The second-order valence-electron chi connectivity index (χ2n) is 3.18. The highest BCUT2D eigenvalue weighted by molar-refractivity contribution is 14.1. The Labute approximate surface area is 107 Å². The number of rotatable bonds is 3. The minimum Gasteiger partial charge on any atom is -0.325 e. The molecule has 0 aliphatic rings. The van der Waals surface area contributed by atoms with E-state index in [1.807, 2.05) is 0 Å². The molecule has 1 rings (SSSR count). The molecule has 1 N–H and O–H groups in total. The third-order valence-electron chi connectivity index (χ3n) is 1.70. The topological polar surface area (TPSA) is 29.1 Å². The normalized spacial score (nSPS) is 15.9. The number of alkyl halides is 1. The molecule has 0 spiro atoms. The number of hydrogen-bond donors (Lipinski definition) is 1. The molecule has 0 aromatic heterocycles. The van der Waals surface area contributed by atoms with Crippen LogP contribution in [-0.4, -0.2) is 10.3 Å². The Morgan fingerprint density at radius 2 is 1.59 bits per heavy atom. The summed E-state index contributed by atoms with van der Waals surface area (Å²) in [6.45, 7) is 0. The van der Waals surface area contributed by atoms with E-state index in [4.69, 9.17) is 0 Å². The zero-order valence-electron chi connectivity index (χ0n) is 8.10. The van der Waals surface area contributed by atoms with E-state index in [0.717, 1.165) is 12.1 Å². The van der Waals surface area contributed by atoms with Crippen LogP contribution in [0.3, 0.4) is 0 Å². The van der Waals surface area contributed by atoms with Gasteiger partial charge in [-0.05, 0) is 24.3 Å². The maximum absolute atomic E-state index is 12.3. The molecule has 1 aromatic carbocycles. The lowest BCUT2D eigenvalue weighted by Crippen LogP contribution is -2.12. The van der Waals surface area contributed by atoms with Gasteiger partial charge in [-0.1, -0.05) is 42.0 Å².